The number of nitrogens with one attached hydrogen (secondary N) is 1. The number of ether oxygens (including phenoxy) is 2. The highest BCUT2D eigenvalue weighted by molar-refractivity contribution is 14.1. The molecule has 1 saturated heterocycles. The number of amides is 1. The number of hydroxylamine groups is 2. The Morgan fingerprint density at radius 3 is 2.55 bits per heavy atom. The van der Waals surface area contributed by atoms with E-state index in [1.54, 1.807) is 11.9 Å². The average Bonchev–Trinajstić information content (AvgIpc) is 2.65. The van der Waals surface area contributed by atoms with Crippen LogP contribution in [0.5, 0.6) is 0 Å². The van der Waals surface area contributed by atoms with Crippen molar-refractivity contribution in [3.05, 3.63) is 0 Å². The summed E-state index contributed by atoms with van der Waals surface area (Å²) in [6.07, 6.45) is 3.85. The largest absolute Gasteiger partial charge is 0.444 e. The van der Waals surface area contributed by atoms with Crippen molar-refractivity contribution < 1.29 is 19.1 Å². The number of carbonyl (C=O) groups excluding carboxylic acids is 1. The van der Waals surface area contributed by atoms with Crippen LogP contribution in [0.15, 0.2) is 0 Å². The maximum atomic E-state index is 12.8. The van der Waals surface area contributed by atoms with Crippen molar-refractivity contribution in [1.29, 1.82) is 3.56 Å². The average molecular weight is 554 g/mol. The molecule has 1 aliphatic heterocycles. The molecule has 182 valence electrons. The number of alkyl halides is 1. The summed E-state index contributed by atoms with van der Waals surface area (Å²) in [5.41, 5.74) is -1.23. The van der Waals surface area contributed by atoms with E-state index in [1.807, 2.05) is 20.8 Å². The molecule has 2 rings (SSSR count). The van der Waals surface area contributed by atoms with Crippen molar-refractivity contribution in [1.82, 2.24) is 9.96 Å². The van der Waals surface area contributed by atoms with Crippen LogP contribution in [-0.2, 0) is 14.3 Å². The minimum absolute atomic E-state index is 0.228. The van der Waals surface area contributed by atoms with Gasteiger partial charge in [0.25, 0.3) is 0 Å². The Labute approximate surface area is 199 Å². The van der Waals surface area contributed by atoms with E-state index < -0.39 is 32.2 Å². The van der Waals surface area contributed by atoms with Crippen LogP contribution < -0.4 is 0 Å². The zero-order chi connectivity index (χ0) is 23.4. The molecule has 1 spiro atoms. The lowest BCUT2D eigenvalue weighted by molar-refractivity contribution is -0.340. The number of rotatable bonds is 7. The third-order valence-corrected chi connectivity index (χ3v) is 7.44. The highest BCUT2D eigenvalue weighted by atomic mass is 127. The van der Waals surface area contributed by atoms with Crippen molar-refractivity contribution in [3.63, 3.8) is 0 Å². The van der Waals surface area contributed by atoms with Crippen molar-refractivity contribution in [3.8, 4) is 0 Å². The van der Waals surface area contributed by atoms with Crippen LogP contribution in [0.25, 0.3) is 0 Å². The smallest absolute Gasteiger partial charge is 0.410 e. The SMILES string of the molecule is CCC1(CN(C)C(=O)OC(C)(C)C)COCC2(CC(C)CCC2C(C)C)N1OCI=N. The van der Waals surface area contributed by atoms with Crippen LogP contribution in [0.1, 0.15) is 74.1 Å². The molecule has 2 aliphatic rings. The molecule has 4 unspecified atom stereocenters. The van der Waals surface area contributed by atoms with E-state index in [0.717, 1.165) is 19.3 Å². The lowest BCUT2D eigenvalue weighted by Crippen LogP contribution is -2.74. The molecule has 0 aromatic carbocycles. The zero-order valence-electron chi connectivity index (χ0n) is 20.8. The molecule has 4 atom stereocenters. The molecule has 0 aromatic rings. The third-order valence-electron chi connectivity index (χ3n) is 6.85. The van der Waals surface area contributed by atoms with Gasteiger partial charge in [-0.05, 0) is 57.8 Å². The summed E-state index contributed by atoms with van der Waals surface area (Å²) in [5.74, 6) is 1.54. The van der Waals surface area contributed by atoms with E-state index >= 15 is 0 Å². The molecule has 1 heterocycles. The fourth-order valence-corrected chi connectivity index (χ4v) is 6.02. The summed E-state index contributed by atoms with van der Waals surface area (Å²) in [6, 6.07) is 0. The topological polar surface area (TPSA) is 75.1 Å². The minimum atomic E-state index is -0.761. The van der Waals surface area contributed by atoms with Gasteiger partial charge in [-0.3, -0.25) is 8.40 Å². The Kier molecular flexibility index (Phi) is 9.33. The van der Waals surface area contributed by atoms with Crippen LogP contribution in [0, 0.1) is 21.3 Å². The second-order valence-electron chi connectivity index (χ2n) is 10.9. The van der Waals surface area contributed by atoms with Crippen LogP contribution in [0.2, 0.25) is 0 Å². The van der Waals surface area contributed by atoms with Gasteiger partial charge in [-0.1, -0.05) is 34.1 Å². The molecular weight excluding hydrogens is 509 g/mol. The number of halogens is 1. The van der Waals surface area contributed by atoms with Gasteiger partial charge in [-0.2, -0.15) is 5.06 Å². The number of hydrogen-bond acceptors (Lipinski definition) is 6. The summed E-state index contributed by atoms with van der Waals surface area (Å²) < 4.78 is 20.3. The second kappa shape index (κ2) is 10.7. The predicted molar refractivity (Wildman–Crippen MR) is 131 cm³/mol. The zero-order valence-corrected chi connectivity index (χ0v) is 23.0. The maximum Gasteiger partial charge on any atom is 0.410 e. The fourth-order valence-electron chi connectivity index (χ4n) is 5.60. The molecular formula is C23H44IN3O4. The first-order chi connectivity index (χ1) is 14.4. The predicted octanol–water partition coefficient (Wildman–Crippen LogP) is 5.79. The molecule has 31 heavy (non-hydrogen) atoms. The van der Waals surface area contributed by atoms with E-state index in [-0.39, 0.29) is 11.6 Å². The molecule has 8 heteroatoms. The Bertz CT molecular complexity index is 626. The second-order valence-corrected chi connectivity index (χ2v) is 12.3. The number of likely N-dealkylation sites (N-methyl/N-ethyl adjacent to an activating group) is 1. The molecule has 7 nitrogen and oxygen atoms in total. The van der Waals surface area contributed by atoms with Gasteiger partial charge in [0.05, 0.1) is 24.3 Å². The molecule has 1 amide bonds. The van der Waals surface area contributed by atoms with Crippen molar-refractivity contribution in [2.24, 2.45) is 17.8 Å². The first-order valence-corrected chi connectivity index (χ1v) is 14.2. The van der Waals surface area contributed by atoms with Crippen molar-refractivity contribution in [2.45, 2.75) is 90.8 Å². The van der Waals surface area contributed by atoms with Gasteiger partial charge in [-0.25, -0.2) is 4.79 Å². The van der Waals surface area contributed by atoms with E-state index in [0.29, 0.717) is 42.1 Å². The molecule has 1 saturated carbocycles. The molecule has 2 fully saturated rings. The van der Waals surface area contributed by atoms with E-state index in [1.165, 1.54) is 6.42 Å². The minimum Gasteiger partial charge on any atom is -0.444 e. The lowest BCUT2D eigenvalue weighted by Gasteiger charge is -2.61. The molecule has 1 N–H and O–H groups in total. The van der Waals surface area contributed by atoms with E-state index in [9.17, 15) is 4.79 Å². The van der Waals surface area contributed by atoms with Gasteiger partial charge >= 0.3 is 6.09 Å². The van der Waals surface area contributed by atoms with Crippen LogP contribution >= 0.6 is 21.0 Å². The number of nitrogens with zero attached hydrogens (tertiary/aromatic N) is 2. The summed E-state index contributed by atoms with van der Waals surface area (Å²) in [6.45, 7) is 16.3. The Hall–Kier alpha value is -0.320. The lowest BCUT2D eigenvalue weighted by atomic mass is 9.63. The third kappa shape index (κ3) is 6.18. The van der Waals surface area contributed by atoms with Gasteiger partial charge in [0.2, 0.25) is 0 Å². The highest BCUT2D eigenvalue weighted by Gasteiger charge is 2.59. The van der Waals surface area contributed by atoms with Crippen LogP contribution in [0.3, 0.4) is 0 Å². The van der Waals surface area contributed by atoms with Gasteiger partial charge in [0, 0.05) is 34.6 Å². The number of hydrogen-bond donors (Lipinski definition) is 1. The molecule has 0 bridgehead atoms. The number of carbonyl (C=O) groups is 1. The van der Waals surface area contributed by atoms with Crippen molar-refractivity contribution in [2.75, 3.05) is 31.4 Å². The van der Waals surface area contributed by atoms with Gasteiger partial charge < -0.3 is 14.4 Å². The first-order valence-electron chi connectivity index (χ1n) is 11.6. The Morgan fingerprint density at radius 1 is 1.32 bits per heavy atom. The van der Waals surface area contributed by atoms with E-state index in [2.05, 4.69) is 32.8 Å². The van der Waals surface area contributed by atoms with E-state index in [4.69, 9.17) is 17.9 Å². The van der Waals surface area contributed by atoms with Crippen LogP contribution in [0.4, 0.5) is 4.79 Å². The Morgan fingerprint density at radius 2 is 2.00 bits per heavy atom. The summed E-state index contributed by atoms with van der Waals surface area (Å²) in [7, 11) is 1.80. The quantitative estimate of drug-likeness (QED) is 0.319. The standard InChI is InChI=1S/C23H44IN3O4/c1-9-22(13-26(8)20(28)31-21(5,6)7)14-29-15-23(27(22)30-16-24-25)12-18(4)10-11-19(23)17(2)3/h17-19,25H,9-16H2,1-8H3. The highest BCUT2D eigenvalue weighted by Crippen LogP contribution is 2.50. The summed E-state index contributed by atoms with van der Waals surface area (Å²) >= 11 is -0.761. The van der Waals surface area contributed by atoms with Gasteiger partial charge in [0.1, 0.15) is 10.2 Å². The van der Waals surface area contributed by atoms with Gasteiger partial charge in [-0.15, -0.1) is 0 Å². The Balaban J connectivity index is 2.44. The first kappa shape index (κ1) is 26.9. The molecule has 0 aromatic heterocycles. The summed E-state index contributed by atoms with van der Waals surface area (Å²) in [4.78, 5) is 20.9. The molecule has 1 aliphatic carbocycles. The van der Waals surface area contributed by atoms with Crippen LogP contribution in [-0.4, -0.2) is 64.2 Å². The van der Waals surface area contributed by atoms with Gasteiger partial charge in [0.15, 0.2) is 0 Å². The normalized spacial score (nSPS) is 32.4. The summed E-state index contributed by atoms with van der Waals surface area (Å²) in [5, 5.41) is 2.24. The fraction of sp³-hybridized carbons (Fsp3) is 0.957. The molecule has 0 radical (unpaired) electrons. The maximum absolute atomic E-state index is 12.8. The number of morpholine rings is 1. The monoisotopic (exact) mass is 553 g/mol. The van der Waals surface area contributed by atoms with Crippen molar-refractivity contribution >= 4 is 27.1 Å².